The topological polar surface area (TPSA) is 45.2 Å². The molecule has 4 nitrogen and oxygen atoms in total. The van der Waals surface area contributed by atoms with Crippen molar-refractivity contribution in [3.8, 4) is 0 Å². The maximum Gasteiger partial charge on any atom is 0.272 e. The maximum absolute atomic E-state index is 12.2. The average molecular weight is 233 g/mol. The number of amides is 1. The Morgan fingerprint density at radius 1 is 1.53 bits per heavy atom. The average Bonchev–Trinajstić information content (AvgIpc) is 2.38. The van der Waals surface area contributed by atoms with Crippen LogP contribution in [0.1, 0.15) is 30.3 Å². The zero-order valence-corrected chi connectivity index (χ0v) is 10.4. The van der Waals surface area contributed by atoms with Crippen LogP contribution in [0.5, 0.6) is 0 Å². The molecule has 0 aromatic carbocycles. The first-order valence-corrected chi connectivity index (χ1v) is 6.15. The highest BCUT2D eigenvalue weighted by molar-refractivity contribution is 5.92. The lowest BCUT2D eigenvalue weighted by Gasteiger charge is -2.30. The number of carbonyl (C=O) groups is 1. The standard InChI is InChI=1S/C13H19N3O/c1-10-5-4-8-16(9-10)13(17)11-6-3-7-12(14-2)15-11/h3,6-7,10H,4-5,8-9H2,1-2H3,(H,14,15). The van der Waals surface area contributed by atoms with E-state index in [4.69, 9.17) is 0 Å². The van der Waals surface area contributed by atoms with Gasteiger partial charge in [-0.05, 0) is 30.9 Å². The number of likely N-dealkylation sites (tertiary alicyclic amines) is 1. The number of rotatable bonds is 2. The van der Waals surface area contributed by atoms with Gasteiger partial charge in [0.05, 0.1) is 0 Å². The van der Waals surface area contributed by atoms with Crippen LogP contribution in [0.25, 0.3) is 0 Å². The fraction of sp³-hybridized carbons (Fsp3) is 0.538. The zero-order chi connectivity index (χ0) is 12.3. The summed E-state index contributed by atoms with van der Waals surface area (Å²) >= 11 is 0. The first kappa shape index (κ1) is 11.9. The van der Waals surface area contributed by atoms with Crippen molar-refractivity contribution in [1.82, 2.24) is 9.88 Å². The van der Waals surface area contributed by atoms with Crippen molar-refractivity contribution in [3.05, 3.63) is 23.9 Å². The van der Waals surface area contributed by atoms with Gasteiger partial charge in [0.25, 0.3) is 5.91 Å². The highest BCUT2D eigenvalue weighted by Crippen LogP contribution is 2.17. The third-order valence-electron chi connectivity index (χ3n) is 3.17. The quantitative estimate of drug-likeness (QED) is 0.849. The van der Waals surface area contributed by atoms with Gasteiger partial charge >= 0.3 is 0 Å². The maximum atomic E-state index is 12.2. The van der Waals surface area contributed by atoms with E-state index in [9.17, 15) is 4.79 Å². The van der Waals surface area contributed by atoms with E-state index in [1.54, 1.807) is 13.1 Å². The Labute approximate surface area is 102 Å². The summed E-state index contributed by atoms with van der Waals surface area (Å²) in [5.74, 6) is 1.38. The van der Waals surface area contributed by atoms with Crippen LogP contribution in [-0.4, -0.2) is 35.9 Å². The molecule has 1 aromatic rings. The Morgan fingerprint density at radius 2 is 2.35 bits per heavy atom. The summed E-state index contributed by atoms with van der Waals surface area (Å²) < 4.78 is 0. The molecular formula is C13H19N3O. The molecule has 4 heteroatoms. The second kappa shape index (κ2) is 5.17. The predicted molar refractivity (Wildman–Crippen MR) is 68.1 cm³/mol. The summed E-state index contributed by atoms with van der Waals surface area (Å²) in [4.78, 5) is 18.5. The molecule has 1 aliphatic heterocycles. The van der Waals surface area contributed by atoms with Gasteiger partial charge in [0.15, 0.2) is 0 Å². The zero-order valence-electron chi connectivity index (χ0n) is 10.4. The van der Waals surface area contributed by atoms with Gasteiger partial charge in [-0.15, -0.1) is 0 Å². The van der Waals surface area contributed by atoms with E-state index >= 15 is 0 Å². The van der Waals surface area contributed by atoms with Crippen molar-refractivity contribution in [2.24, 2.45) is 5.92 Å². The first-order valence-electron chi connectivity index (χ1n) is 6.15. The Balaban J connectivity index is 2.12. The molecule has 1 fully saturated rings. The minimum atomic E-state index is 0.0497. The van der Waals surface area contributed by atoms with E-state index < -0.39 is 0 Å². The molecule has 2 heterocycles. The Bertz CT molecular complexity index is 405. The molecule has 0 spiro atoms. The van der Waals surface area contributed by atoms with E-state index in [0.717, 1.165) is 25.3 Å². The molecule has 2 rings (SSSR count). The van der Waals surface area contributed by atoms with E-state index in [1.165, 1.54) is 6.42 Å². The van der Waals surface area contributed by atoms with Crippen LogP contribution >= 0.6 is 0 Å². The molecule has 1 unspecified atom stereocenters. The normalized spacial score (nSPS) is 20.1. The Kier molecular flexibility index (Phi) is 3.61. The summed E-state index contributed by atoms with van der Waals surface area (Å²) in [5, 5.41) is 2.95. The van der Waals surface area contributed by atoms with Gasteiger partial charge in [0, 0.05) is 20.1 Å². The molecule has 0 radical (unpaired) electrons. The van der Waals surface area contributed by atoms with E-state index in [2.05, 4.69) is 17.2 Å². The molecule has 1 aromatic heterocycles. The van der Waals surface area contributed by atoms with Gasteiger partial charge in [-0.25, -0.2) is 4.98 Å². The summed E-state index contributed by atoms with van der Waals surface area (Å²) in [6.07, 6.45) is 2.31. The molecule has 17 heavy (non-hydrogen) atoms. The van der Waals surface area contributed by atoms with Gasteiger partial charge in [-0.3, -0.25) is 4.79 Å². The van der Waals surface area contributed by atoms with Crippen molar-refractivity contribution in [2.45, 2.75) is 19.8 Å². The molecule has 92 valence electrons. The van der Waals surface area contributed by atoms with Crippen molar-refractivity contribution in [3.63, 3.8) is 0 Å². The number of nitrogens with zero attached hydrogens (tertiary/aromatic N) is 2. The molecular weight excluding hydrogens is 214 g/mol. The molecule has 1 N–H and O–H groups in total. The number of hydrogen-bond donors (Lipinski definition) is 1. The number of anilines is 1. The van der Waals surface area contributed by atoms with Crippen LogP contribution in [0.2, 0.25) is 0 Å². The van der Waals surface area contributed by atoms with Gasteiger partial charge in [0.1, 0.15) is 11.5 Å². The molecule has 1 amide bonds. The molecule has 0 saturated carbocycles. The highest BCUT2D eigenvalue weighted by atomic mass is 16.2. The highest BCUT2D eigenvalue weighted by Gasteiger charge is 2.22. The van der Waals surface area contributed by atoms with Gasteiger partial charge in [0.2, 0.25) is 0 Å². The van der Waals surface area contributed by atoms with Gasteiger partial charge < -0.3 is 10.2 Å². The number of nitrogens with one attached hydrogen (secondary N) is 1. The fourth-order valence-corrected chi connectivity index (χ4v) is 2.23. The number of aromatic nitrogens is 1. The lowest BCUT2D eigenvalue weighted by atomic mass is 10.00. The second-order valence-corrected chi connectivity index (χ2v) is 4.66. The molecule has 0 bridgehead atoms. The third-order valence-corrected chi connectivity index (χ3v) is 3.17. The second-order valence-electron chi connectivity index (χ2n) is 4.66. The SMILES string of the molecule is CNc1cccc(C(=O)N2CCCC(C)C2)n1. The number of carbonyl (C=O) groups excluding carboxylic acids is 1. The van der Waals surface area contributed by atoms with E-state index in [-0.39, 0.29) is 5.91 Å². The minimum absolute atomic E-state index is 0.0497. The number of pyridine rings is 1. The first-order chi connectivity index (χ1) is 8.20. The number of piperidine rings is 1. The van der Waals surface area contributed by atoms with Gasteiger partial charge in [-0.1, -0.05) is 13.0 Å². The summed E-state index contributed by atoms with van der Waals surface area (Å²) in [7, 11) is 1.81. The van der Waals surface area contributed by atoms with Gasteiger partial charge in [-0.2, -0.15) is 0 Å². The third kappa shape index (κ3) is 2.75. The van der Waals surface area contributed by atoms with Crippen LogP contribution in [0.3, 0.4) is 0 Å². The van der Waals surface area contributed by atoms with Crippen molar-refractivity contribution < 1.29 is 4.79 Å². The lowest BCUT2D eigenvalue weighted by molar-refractivity contribution is 0.0677. The molecule has 0 aliphatic carbocycles. The van der Waals surface area contributed by atoms with Crippen molar-refractivity contribution >= 4 is 11.7 Å². The van der Waals surface area contributed by atoms with E-state index in [1.807, 2.05) is 17.0 Å². The van der Waals surface area contributed by atoms with Crippen LogP contribution in [0, 0.1) is 5.92 Å². The number of hydrogen-bond acceptors (Lipinski definition) is 3. The summed E-state index contributed by atoms with van der Waals surface area (Å²) in [6, 6.07) is 5.50. The Morgan fingerprint density at radius 3 is 3.06 bits per heavy atom. The van der Waals surface area contributed by atoms with Crippen molar-refractivity contribution in [1.29, 1.82) is 0 Å². The molecule has 1 aliphatic rings. The van der Waals surface area contributed by atoms with Crippen LogP contribution in [0.15, 0.2) is 18.2 Å². The van der Waals surface area contributed by atoms with Crippen LogP contribution in [0.4, 0.5) is 5.82 Å². The fourth-order valence-electron chi connectivity index (χ4n) is 2.23. The largest absolute Gasteiger partial charge is 0.373 e. The smallest absolute Gasteiger partial charge is 0.272 e. The van der Waals surface area contributed by atoms with Crippen molar-refractivity contribution in [2.75, 3.05) is 25.5 Å². The summed E-state index contributed by atoms with van der Waals surface area (Å²) in [5.41, 5.74) is 0.533. The predicted octanol–water partition coefficient (Wildman–Crippen LogP) is 2.00. The molecule has 1 atom stereocenters. The summed E-state index contributed by atoms with van der Waals surface area (Å²) in [6.45, 7) is 3.90. The molecule has 1 saturated heterocycles. The Hall–Kier alpha value is -1.58. The monoisotopic (exact) mass is 233 g/mol. The minimum Gasteiger partial charge on any atom is -0.373 e. The van der Waals surface area contributed by atoms with E-state index in [0.29, 0.717) is 11.6 Å². The van der Waals surface area contributed by atoms with Crippen LogP contribution < -0.4 is 5.32 Å². The van der Waals surface area contributed by atoms with Crippen LogP contribution in [-0.2, 0) is 0 Å². The lowest BCUT2D eigenvalue weighted by Crippen LogP contribution is -2.39.